The fourth-order valence-corrected chi connectivity index (χ4v) is 2.00. The SMILES string of the molecule is Cc1cc(Cl)ccc1CNc1c(F)c(F)cc(F)c1F. The van der Waals surface area contributed by atoms with Crippen LogP contribution >= 0.6 is 11.6 Å². The van der Waals surface area contributed by atoms with Gasteiger partial charge in [-0.1, -0.05) is 17.7 Å². The summed E-state index contributed by atoms with van der Waals surface area (Å²) in [7, 11) is 0. The minimum absolute atomic E-state index is 0.0136. The summed E-state index contributed by atoms with van der Waals surface area (Å²) in [4.78, 5) is 0. The van der Waals surface area contributed by atoms with E-state index in [-0.39, 0.29) is 12.6 Å². The fourth-order valence-electron chi connectivity index (χ4n) is 1.77. The molecule has 0 aliphatic heterocycles. The predicted molar refractivity (Wildman–Crippen MR) is 69.8 cm³/mol. The Kier molecular flexibility index (Phi) is 4.18. The van der Waals surface area contributed by atoms with Crippen LogP contribution in [0.25, 0.3) is 0 Å². The lowest BCUT2D eigenvalue weighted by Gasteiger charge is -2.12. The highest BCUT2D eigenvalue weighted by molar-refractivity contribution is 6.30. The lowest BCUT2D eigenvalue weighted by molar-refractivity contribution is 0.458. The summed E-state index contributed by atoms with van der Waals surface area (Å²) in [5, 5.41) is 2.89. The minimum Gasteiger partial charge on any atom is -0.376 e. The highest BCUT2D eigenvalue weighted by atomic mass is 35.5. The van der Waals surface area contributed by atoms with Gasteiger partial charge in [-0.15, -0.1) is 0 Å². The second kappa shape index (κ2) is 5.71. The molecule has 0 heterocycles. The molecule has 2 rings (SSSR count). The number of hydrogen-bond donors (Lipinski definition) is 1. The third-order valence-corrected chi connectivity index (χ3v) is 3.11. The van der Waals surface area contributed by atoms with E-state index in [1.165, 1.54) is 0 Å². The van der Waals surface area contributed by atoms with Gasteiger partial charge >= 0.3 is 0 Å². The van der Waals surface area contributed by atoms with Crippen LogP contribution in [-0.2, 0) is 6.54 Å². The summed E-state index contributed by atoms with van der Waals surface area (Å²) in [5.41, 5.74) is 0.678. The number of anilines is 1. The van der Waals surface area contributed by atoms with Gasteiger partial charge in [0, 0.05) is 17.6 Å². The summed E-state index contributed by atoms with van der Waals surface area (Å²) in [5.74, 6) is -5.79. The maximum atomic E-state index is 13.4. The zero-order valence-electron chi connectivity index (χ0n) is 10.4. The van der Waals surface area contributed by atoms with Gasteiger partial charge in [0.15, 0.2) is 23.3 Å². The van der Waals surface area contributed by atoms with E-state index in [2.05, 4.69) is 5.32 Å². The molecule has 0 aromatic heterocycles. The normalized spacial score (nSPS) is 10.7. The average Bonchev–Trinajstić information content (AvgIpc) is 2.38. The third kappa shape index (κ3) is 2.88. The van der Waals surface area contributed by atoms with E-state index in [1.54, 1.807) is 25.1 Å². The summed E-state index contributed by atoms with van der Waals surface area (Å²) in [6, 6.07) is 5.13. The summed E-state index contributed by atoms with van der Waals surface area (Å²) >= 11 is 5.79. The monoisotopic (exact) mass is 303 g/mol. The van der Waals surface area contributed by atoms with E-state index < -0.39 is 29.0 Å². The minimum atomic E-state index is -1.45. The van der Waals surface area contributed by atoms with Crippen LogP contribution in [0.5, 0.6) is 0 Å². The molecule has 0 unspecified atom stereocenters. The maximum Gasteiger partial charge on any atom is 0.185 e. The Morgan fingerprint density at radius 1 is 1.00 bits per heavy atom. The zero-order chi connectivity index (χ0) is 14.9. The van der Waals surface area contributed by atoms with Crippen LogP contribution < -0.4 is 5.32 Å². The van der Waals surface area contributed by atoms with Crippen molar-refractivity contribution in [2.24, 2.45) is 0 Å². The second-order valence-electron chi connectivity index (χ2n) is 4.27. The Hall–Kier alpha value is -1.75. The molecule has 0 fully saturated rings. The number of benzene rings is 2. The molecule has 0 radical (unpaired) electrons. The van der Waals surface area contributed by atoms with Crippen molar-refractivity contribution in [3.8, 4) is 0 Å². The molecule has 0 saturated carbocycles. The van der Waals surface area contributed by atoms with Crippen molar-refractivity contribution in [1.29, 1.82) is 0 Å². The Balaban J connectivity index is 2.27. The molecule has 1 N–H and O–H groups in total. The number of halogens is 5. The molecule has 6 heteroatoms. The van der Waals surface area contributed by atoms with Crippen LogP contribution in [-0.4, -0.2) is 0 Å². The molecule has 20 heavy (non-hydrogen) atoms. The van der Waals surface area contributed by atoms with E-state index >= 15 is 0 Å². The molecule has 0 saturated heterocycles. The quantitative estimate of drug-likeness (QED) is 0.633. The first kappa shape index (κ1) is 14.7. The number of nitrogens with one attached hydrogen (secondary N) is 1. The molecule has 0 aliphatic carbocycles. The Morgan fingerprint density at radius 3 is 2.15 bits per heavy atom. The molecule has 0 bridgehead atoms. The largest absolute Gasteiger partial charge is 0.376 e. The predicted octanol–water partition coefficient (Wildman–Crippen LogP) is 4.82. The topological polar surface area (TPSA) is 12.0 Å². The van der Waals surface area contributed by atoms with Gasteiger partial charge in [-0.05, 0) is 30.2 Å². The van der Waals surface area contributed by atoms with Crippen LogP contribution in [0, 0.1) is 30.2 Å². The Morgan fingerprint density at radius 2 is 1.60 bits per heavy atom. The molecular weight excluding hydrogens is 294 g/mol. The average molecular weight is 304 g/mol. The summed E-state index contributed by atoms with van der Waals surface area (Å²) in [6.07, 6.45) is 0. The van der Waals surface area contributed by atoms with Crippen LogP contribution in [0.15, 0.2) is 24.3 Å². The number of hydrogen-bond acceptors (Lipinski definition) is 1. The molecule has 2 aromatic rings. The van der Waals surface area contributed by atoms with E-state index in [1.807, 2.05) is 0 Å². The first-order valence-electron chi connectivity index (χ1n) is 5.72. The third-order valence-electron chi connectivity index (χ3n) is 2.87. The lowest BCUT2D eigenvalue weighted by Crippen LogP contribution is -2.08. The number of rotatable bonds is 3. The van der Waals surface area contributed by atoms with E-state index in [0.29, 0.717) is 10.6 Å². The standard InChI is InChI=1S/C14H10ClF4N/c1-7-4-9(15)3-2-8(7)6-20-14-12(18)10(16)5-11(17)13(14)19/h2-5,20H,6H2,1H3. The van der Waals surface area contributed by atoms with Gasteiger partial charge < -0.3 is 5.32 Å². The number of aryl methyl sites for hydroxylation is 1. The molecular formula is C14H10ClF4N. The zero-order valence-corrected chi connectivity index (χ0v) is 11.2. The van der Waals surface area contributed by atoms with Gasteiger partial charge in [0.2, 0.25) is 0 Å². The fraction of sp³-hybridized carbons (Fsp3) is 0.143. The molecule has 106 valence electrons. The molecule has 2 aromatic carbocycles. The highest BCUT2D eigenvalue weighted by Gasteiger charge is 2.18. The molecule has 0 atom stereocenters. The van der Waals surface area contributed by atoms with Gasteiger partial charge in [0.1, 0.15) is 5.69 Å². The van der Waals surface area contributed by atoms with Crippen LogP contribution in [0.4, 0.5) is 23.2 Å². The lowest BCUT2D eigenvalue weighted by atomic mass is 10.1. The van der Waals surface area contributed by atoms with Gasteiger partial charge in [-0.25, -0.2) is 17.6 Å². The van der Waals surface area contributed by atoms with Crippen molar-refractivity contribution in [3.05, 3.63) is 63.7 Å². The van der Waals surface area contributed by atoms with Crippen LogP contribution in [0.2, 0.25) is 5.02 Å². The Labute approximate surface area is 118 Å². The van der Waals surface area contributed by atoms with Gasteiger partial charge in [-0.2, -0.15) is 0 Å². The summed E-state index contributed by atoms with van der Waals surface area (Å²) in [6.45, 7) is 1.78. The maximum absolute atomic E-state index is 13.4. The Bertz CT molecular complexity index is 632. The van der Waals surface area contributed by atoms with E-state index in [4.69, 9.17) is 11.6 Å². The van der Waals surface area contributed by atoms with Crippen molar-refractivity contribution < 1.29 is 17.6 Å². The van der Waals surface area contributed by atoms with Gasteiger partial charge in [-0.3, -0.25) is 0 Å². The van der Waals surface area contributed by atoms with Crippen LogP contribution in [0.1, 0.15) is 11.1 Å². The second-order valence-corrected chi connectivity index (χ2v) is 4.70. The van der Waals surface area contributed by atoms with Gasteiger partial charge in [0.25, 0.3) is 0 Å². The van der Waals surface area contributed by atoms with Crippen molar-refractivity contribution in [3.63, 3.8) is 0 Å². The van der Waals surface area contributed by atoms with E-state index in [9.17, 15) is 17.6 Å². The first-order valence-corrected chi connectivity index (χ1v) is 6.10. The molecule has 0 spiro atoms. The van der Waals surface area contributed by atoms with Crippen LogP contribution in [0.3, 0.4) is 0 Å². The van der Waals surface area contributed by atoms with Crippen molar-refractivity contribution in [2.45, 2.75) is 13.5 Å². The molecule has 0 aliphatic rings. The van der Waals surface area contributed by atoms with Crippen molar-refractivity contribution >= 4 is 17.3 Å². The summed E-state index contributed by atoms with van der Waals surface area (Å²) < 4.78 is 53.0. The highest BCUT2D eigenvalue weighted by Crippen LogP contribution is 2.25. The first-order chi connectivity index (χ1) is 9.40. The van der Waals surface area contributed by atoms with Crippen molar-refractivity contribution in [2.75, 3.05) is 5.32 Å². The molecule has 1 nitrogen and oxygen atoms in total. The molecule has 0 amide bonds. The van der Waals surface area contributed by atoms with Gasteiger partial charge in [0.05, 0.1) is 0 Å². The smallest absolute Gasteiger partial charge is 0.185 e. The van der Waals surface area contributed by atoms with Crippen molar-refractivity contribution in [1.82, 2.24) is 0 Å². The van der Waals surface area contributed by atoms with E-state index in [0.717, 1.165) is 5.56 Å².